The van der Waals surface area contributed by atoms with E-state index < -0.39 is 5.79 Å². The van der Waals surface area contributed by atoms with Crippen LogP contribution in [0.25, 0.3) is 0 Å². The van der Waals surface area contributed by atoms with Crippen LogP contribution in [-0.4, -0.2) is 38.1 Å². The zero-order chi connectivity index (χ0) is 15.6. The van der Waals surface area contributed by atoms with Crippen LogP contribution in [0.4, 0.5) is 0 Å². The summed E-state index contributed by atoms with van der Waals surface area (Å²) in [6, 6.07) is 10.3. The fraction of sp³-hybridized carbons (Fsp3) is 0.588. The molecular weight excluding hydrogens is 282 g/mol. The second kappa shape index (κ2) is 6.36. The number of methoxy groups -OCH3 is 1. The summed E-state index contributed by atoms with van der Waals surface area (Å²) in [4.78, 5) is 11.7. The molecule has 2 aliphatic heterocycles. The molecule has 2 heterocycles. The summed E-state index contributed by atoms with van der Waals surface area (Å²) in [5, 5.41) is 3.58. The minimum atomic E-state index is -0.607. The van der Waals surface area contributed by atoms with Crippen molar-refractivity contribution in [2.24, 2.45) is 5.92 Å². The maximum absolute atomic E-state index is 11.7. The maximum Gasteiger partial charge on any atom is 0.307 e. The van der Waals surface area contributed by atoms with Gasteiger partial charge in [-0.25, -0.2) is 0 Å². The van der Waals surface area contributed by atoms with E-state index in [4.69, 9.17) is 14.2 Å². The van der Waals surface area contributed by atoms with Gasteiger partial charge in [-0.1, -0.05) is 37.3 Å². The van der Waals surface area contributed by atoms with Crippen LogP contribution in [0.3, 0.4) is 0 Å². The van der Waals surface area contributed by atoms with Gasteiger partial charge in [0.1, 0.15) is 0 Å². The van der Waals surface area contributed by atoms with Gasteiger partial charge >= 0.3 is 5.97 Å². The number of piperidine rings is 1. The van der Waals surface area contributed by atoms with E-state index in [0.29, 0.717) is 26.1 Å². The number of benzene rings is 1. The number of rotatable bonds is 3. The Balaban J connectivity index is 1.86. The standard InChI is InChI=1S/C17H23NO4/c1-12-16(13-6-4-3-5-7-13)18-14(10-15(19)20-2)11-17(12)21-8-9-22-17/h3-7,12,14,16,18H,8-11H2,1-2H3/t12-,14-,16-/m0/s1. The highest BCUT2D eigenvalue weighted by Crippen LogP contribution is 2.44. The monoisotopic (exact) mass is 305 g/mol. The van der Waals surface area contributed by atoms with Gasteiger partial charge in [0.15, 0.2) is 5.79 Å². The van der Waals surface area contributed by atoms with E-state index in [2.05, 4.69) is 24.4 Å². The normalized spacial score (nSPS) is 30.4. The zero-order valence-corrected chi connectivity index (χ0v) is 13.1. The van der Waals surface area contributed by atoms with Crippen molar-refractivity contribution in [1.29, 1.82) is 0 Å². The summed E-state index contributed by atoms with van der Waals surface area (Å²) < 4.78 is 16.8. The molecule has 1 spiro atoms. The van der Waals surface area contributed by atoms with Crippen LogP contribution in [0, 0.1) is 5.92 Å². The maximum atomic E-state index is 11.7. The summed E-state index contributed by atoms with van der Waals surface area (Å²) in [6.45, 7) is 3.36. The number of nitrogens with one attached hydrogen (secondary N) is 1. The van der Waals surface area contributed by atoms with Crippen molar-refractivity contribution in [2.75, 3.05) is 20.3 Å². The molecule has 0 radical (unpaired) electrons. The molecule has 5 heteroatoms. The van der Waals surface area contributed by atoms with E-state index in [1.165, 1.54) is 12.7 Å². The Morgan fingerprint density at radius 2 is 2.00 bits per heavy atom. The topological polar surface area (TPSA) is 56.8 Å². The van der Waals surface area contributed by atoms with Gasteiger partial charge in [-0.15, -0.1) is 0 Å². The fourth-order valence-electron chi connectivity index (χ4n) is 3.55. The van der Waals surface area contributed by atoms with Crippen molar-refractivity contribution in [1.82, 2.24) is 5.32 Å². The summed E-state index contributed by atoms with van der Waals surface area (Å²) in [6.07, 6.45) is 0.980. The molecule has 0 amide bonds. The molecule has 22 heavy (non-hydrogen) atoms. The Bertz CT molecular complexity index is 513. The lowest BCUT2D eigenvalue weighted by Gasteiger charge is -2.46. The van der Waals surface area contributed by atoms with Gasteiger partial charge in [-0.05, 0) is 5.56 Å². The first kappa shape index (κ1) is 15.5. The molecule has 0 bridgehead atoms. The van der Waals surface area contributed by atoms with Crippen molar-refractivity contribution in [3.05, 3.63) is 35.9 Å². The zero-order valence-electron chi connectivity index (χ0n) is 13.1. The predicted octanol–water partition coefficient (Wildman–Crippen LogP) is 2.03. The molecule has 120 valence electrons. The highest BCUT2D eigenvalue weighted by molar-refractivity contribution is 5.70. The molecule has 1 N–H and O–H groups in total. The fourth-order valence-corrected chi connectivity index (χ4v) is 3.55. The van der Waals surface area contributed by atoms with Gasteiger partial charge in [0, 0.05) is 24.4 Å². The van der Waals surface area contributed by atoms with E-state index in [9.17, 15) is 4.79 Å². The second-order valence-electron chi connectivity index (χ2n) is 6.03. The Hall–Kier alpha value is -1.43. The first-order valence-electron chi connectivity index (χ1n) is 7.80. The van der Waals surface area contributed by atoms with Gasteiger partial charge in [0.2, 0.25) is 0 Å². The molecule has 0 aromatic heterocycles. The summed E-state index contributed by atoms with van der Waals surface area (Å²) in [5.41, 5.74) is 1.18. The van der Waals surface area contributed by atoms with Crippen molar-refractivity contribution in [3.8, 4) is 0 Å². The highest BCUT2D eigenvalue weighted by atomic mass is 16.7. The predicted molar refractivity (Wildman–Crippen MR) is 81.2 cm³/mol. The second-order valence-corrected chi connectivity index (χ2v) is 6.03. The Morgan fingerprint density at radius 3 is 2.64 bits per heavy atom. The third-order valence-corrected chi connectivity index (χ3v) is 4.72. The molecule has 3 rings (SSSR count). The molecule has 5 nitrogen and oxygen atoms in total. The largest absolute Gasteiger partial charge is 0.469 e. The smallest absolute Gasteiger partial charge is 0.307 e. The Morgan fingerprint density at radius 1 is 1.32 bits per heavy atom. The third kappa shape index (κ3) is 2.89. The molecule has 0 unspecified atom stereocenters. The minimum Gasteiger partial charge on any atom is -0.469 e. The average molecular weight is 305 g/mol. The van der Waals surface area contributed by atoms with Crippen LogP contribution in [0.1, 0.15) is 31.4 Å². The van der Waals surface area contributed by atoms with E-state index >= 15 is 0 Å². The van der Waals surface area contributed by atoms with Gasteiger partial charge in [-0.2, -0.15) is 0 Å². The van der Waals surface area contributed by atoms with Crippen molar-refractivity contribution >= 4 is 5.97 Å². The molecule has 2 saturated heterocycles. The van der Waals surface area contributed by atoms with Crippen LogP contribution in [0.5, 0.6) is 0 Å². The van der Waals surface area contributed by atoms with Crippen molar-refractivity contribution < 1.29 is 19.0 Å². The molecule has 0 aliphatic carbocycles. The van der Waals surface area contributed by atoms with Crippen LogP contribution in [0.15, 0.2) is 30.3 Å². The highest BCUT2D eigenvalue weighted by Gasteiger charge is 2.51. The molecule has 2 fully saturated rings. The Kier molecular flexibility index (Phi) is 4.47. The van der Waals surface area contributed by atoms with Crippen LogP contribution in [0.2, 0.25) is 0 Å². The first-order chi connectivity index (χ1) is 10.6. The van der Waals surface area contributed by atoms with E-state index in [1.54, 1.807) is 0 Å². The van der Waals surface area contributed by atoms with Crippen molar-refractivity contribution in [3.63, 3.8) is 0 Å². The van der Waals surface area contributed by atoms with E-state index in [-0.39, 0.29) is 24.0 Å². The third-order valence-electron chi connectivity index (χ3n) is 4.72. The van der Waals surface area contributed by atoms with E-state index in [0.717, 1.165) is 0 Å². The molecule has 1 aromatic rings. The van der Waals surface area contributed by atoms with Gasteiger partial charge < -0.3 is 19.5 Å². The van der Waals surface area contributed by atoms with Gasteiger partial charge in [-0.3, -0.25) is 4.79 Å². The van der Waals surface area contributed by atoms with Crippen LogP contribution >= 0.6 is 0 Å². The van der Waals surface area contributed by atoms with Crippen LogP contribution < -0.4 is 5.32 Å². The van der Waals surface area contributed by atoms with Gasteiger partial charge in [0.05, 0.1) is 26.7 Å². The molecule has 1 aromatic carbocycles. The lowest BCUT2D eigenvalue weighted by molar-refractivity contribution is -0.221. The van der Waals surface area contributed by atoms with Crippen molar-refractivity contribution in [2.45, 2.75) is 37.6 Å². The number of hydrogen-bond acceptors (Lipinski definition) is 5. The number of esters is 1. The SMILES string of the molecule is COC(=O)C[C@H]1CC2(OCCO2)[C@@H](C)[C@@H](c2ccccc2)N1. The number of hydrogen-bond donors (Lipinski definition) is 1. The summed E-state index contributed by atoms with van der Waals surface area (Å²) in [7, 11) is 1.42. The lowest BCUT2D eigenvalue weighted by Crippen LogP contribution is -2.56. The molecular formula is C17H23NO4. The quantitative estimate of drug-likeness (QED) is 0.866. The van der Waals surface area contributed by atoms with Gasteiger partial charge in [0.25, 0.3) is 0 Å². The minimum absolute atomic E-state index is 0.0213. The molecule has 3 atom stereocenters. The summed E-state index contributed by atoms with van der Waals surface area (Å²) >= 11 is 0. The number of carbonyl (C=O) groups is 1. The average Bonchev–Trinajstić information content (AvgIpc) is 3.00. The Labute approximate surface area is 130 Å². The summed E-state index contributed by atoms with van der Waals surface area (Å²) in [5.74, 6) is -0.664. The molecule has 0 saturated carbocycles. The van der Waals surface area contributed by atoms with Crippen LogP contribution in [-0.2, 0) is 19.0 Å². The number of carbonyl (C=O) groups excluding carboxylic acids is 1. The first-order valence-corrected chi connectivity index (χ1v) is 7.80. The number of ether oxygens (including phenoxy) is 3. The lowest BCUT2D eigenvalue weighted by atomic mass is 9.79. The molecule has 2 aliphatic rings. The van der Waals surface area contributed by atoms with E-state index in [1.807, 2.05) is 18.2 Å².